The number of aromatic nitrogens is 1. The number of alkyl halides is 3. The maximum atomic E-state index is 13.8. The number of nitrogens with one attached hydrogen (secondary N) is 2. The standard InChI is InChI=1S/C31H33ClF3N5O3/c1-3-21-18-39(30(42)22-10-9-19(32)15-24(22)31(33,34)35)13-14-40(21)26-12-11-25(23-7-5-6-8-27(23)43-4-2)38-28(26)29(41)37-20-16-36-17-20/h5-12,15,20-21,36H,3-4,13-14,16-18H2,1-2H3,(H,37,41)/t21-/m1/s1. The van der Waals surface area contributed by atoms with Gasteiger partial charge in [-0.15, -0.1) is 0 Å². The summed E-state index contributed by atoms with van der Waals surface area (Å²) in [6.45, 7) is 6.28. The molecular formula is C31H33ClF3N5O3. The molecule has 0 aliphatic carbocycles. The van der Waals surface area contributed by atoms with Gasteiger partial charge in [0.25, 0.3) is 11.8 Å². The number of hydrogen-bond donors (Lipinski definition) is 2. The Labute approximate surface area is 253 Å². The van der Waals surface area contributed by atoms with Gasteiger partial charge in [0, 0.05) is 49.4 Å². The molecular weight excluding hydrogens is 583 g/mol. The van der Waals surface area contributed by atoms with Crippen LogP contribution in [0.2, 0.25) is 5.02 Å². The van der Waals surface area contributed by atoms with E-state index in [4.69, 9.17) is 21.3 Å². The number of hydrogen-bond acceptors (Lipinski definition) is 6. The molecule has 0 saturated carbocycles. The first-order valence-electron chi connectivity index (χ1n) is 14.3. The Kier molecular flexibility index (Phi) is 9.12. The molecule has 12 heteroatoms. The van der Waals surface area contributed by atoms with Gasteiger partial charge in [0.1, 0.15) is 5.75 Å². The van der Waals surface area contributed by atoms with Crippen LogP contribution >= 0.6 is 11.6 Å². The highest BCUT2D eigenvalue weighted by Crippen LogP contribution is 2.36. The van der Waals surface area contributed by atoms with Gasteiger partial charge in [-0.3, -0.25) is 9.59 Å². The Hall–Kier alpha value is -3.83. The predicted molar refractivity (Wildman–Crippen MR) is 159 cm³/mol. The predicted octanol–water partition coefficient (Wildman–Crippen LogP) is 5.26. The van der Waals surface area contributed by atoms with E-state index < -0.39 is 23.2 Å². The number of carbonyl (C=O) groups excluding carboxylic acids is 2. The summed E-state index contributed by atoms with van der Waals surface area (Å²) in [5.74, 6) is -0.376. The van der Waals surface area contributed by atoms with Crippen molar-refractivity contribution in [1.82, 2.24) is 20.5 Å². The largest absolute Gasteiger partial charge is 0.493 e. The second kappa shape index (κ2) is 12.8. The van der Waals surface area contributed by atoms with Crippen LogP contribution in [0.1, 0.15) is 46.7 Å². The highest BCUT2D eigenvalue weighted by Gasteiger charge is 2.38. The van der Waals surface area contributed by atoms with Gasteiger partial charge in [-0.1, -0.05) is 30.7 Å². The third-order valence-corrected chi connectivity index (χ3v) is 7.97. The van der Waals surface area contributed by atoms with Crippen molar-refractivity contribution in [2.75, 3.05) is 44.2 Å². The number of halogens is 4. The summed E-state index contributed by atoms with van der Waals surface area (Å²) >= 11 is 5.82. The molecule has 1 aromatic heterocycles. The lowest BCUT2D eigenvalue weighted by Crippen LogP contribution is -2.57. The number of piperazine rings is 1. The lowest BCUT2D eigenvalue weighted by molar-refractivity contribution is -0.138. The topological polar surface area (TPSA) is 86.8 Å². The van der Waals surface area contributed by atoms with Gasteiger partial charge in [-0.2, -0.15) is 13.2 Å². The van der Waals surface area contributed by atoms with Crippen LogP contribution in [-0.2, 0) is 6.18 Å². The van der Waals surface area contributed by atoms with E-state index in [1.165, 1.54) is 11.0 Å². The Balaban J connectivity index is 1.46. The zero-order valence-electron chi connectivity index (χ0n) is 23.9. The van der Waals surface area contributed by atoms with E-state index in [2.05, 4.69) is 10.6 Å². The van der Waals surface area contributed by atoms with Crippen molar-refractivity contribution in [2.24, 2.45) is 0 Å². The zero-order chi connectivity index (χ0) is 30.7. The Bertz CT molecular complexity index is 1500. The van der Waals surface area contributed by atoms with Crippen LogP contribution in [0, 0.1) is 0 Å². The number of nitrogens with zero attached hydrogens (tertiary/aromatic N) is 3. The average molecular weight is 616 g/mol. The zero-order valence-corrected chi connectivity index (χ0v) is 24.6. The maximum absolute atomic E-state index is 13.8. The molecule has 2 aliphatic rings. The van der Waals surface area contributed by atoms with E-state index in [1.807, 2.05) is 55.1 Å². The Morgan fingerprint density at radius 1 is 1.09 bits per heavy atom. The van der Waals surface area contributed by atoms with E-state index in [9.17, 15) is 22.8 Å². The minimum absolute atomic E-state index is 0.0137. The molecule has 2 saturated heterocycles. The van der Waals surface area contributed by atoms with Crippen LogP contribution in [0.3, 0.4) is 0 Å². The van der Waals surface area contributed by atoms with Gasteiger partial charge < -0.3 is 25.2 Å². The number of rotatable bonds is 8. The molecule has 0 unspecified atom stereocenters. The van der Waals surface area contributed by atoms with E-state index >= 15 is 0 Å². The Morgan fingerprint density at radius 2 is 1.86 bits per heavy atom. The van der Waals surface area contributed by atoms with E-state index in [0.717, 1.165) is 17.7 Å². The second-order valence-corrected chi connectivity index (χ2v) is 11.0. The molecule has 3 aromatic rings. The SMILES string of the molecule is CCOc1ccccc1-c1ccc(N2CCN(C(=O)c3ccc(Cl)cc3C(F)(F)F)C[C@H]2CC)c(C(=O)NC2CNC2)n1. The maximum Gasteiger partial charge on any atom is 0.417 e. The monoisotopic (exact) mass is 615 g/mol. The van der Waals surface area contributed by atoms with E-state index in [0.29, 0.717) is 49.8 Å². The number of amides is 2. The van der Waals surface area contributed by atoms with Crippen LogP contribution in [0.4, 0.5) is 18.9 Å². The van der Waals surface area contributed by atoms with Gasteiger partial charge >= 0.3 is 6.18 Å². The van der Waals surface area contributed by atoms with Gasteiger partial charge in [-0.25, -0.2) is 4.98 Å². The number of carbonyl (C=O) groups is 2. The molecule has 228 valence electrons. The van der Waals surface area contributed by atoms with Crippen LogP contribution in [0.5, 0.6) is 5.75 Å². The summed E-state index contributed by atoms with van der Waals surface area (Å²) in [5, 5.41) is 6.08. The number of pyridine rings is 1. The van der Waals surface area contributed by atoms with Gasteiger partial charge in [0.15, 0.2) is 5.69 Å². The van der Waals surface area contributed by atoms with Crippen molar-refractivity contribution in [3.05, 3.63) is 76.4 Å². The normalized spacial score (nSPS) is 17.4. The fraction of sp³-hybridized carbons (Fsp3) is 0.387. The summed E-state index contributed by atoms with van der Waals surface area (Å²) in [6.07, 6.45) is -4.15. The Morgan fingerprint density at radius 3 is 2.53 bits per heavy atom. The molecule has 0 radical (unpaired) electrons. The quantitative estimate of drug-likeness (QED) is 0.360. The molecule has 1 atom stereocenters. The molecule has 2 fully saturated rings. The summed E-state index contributed by atoms with van der Waals surface area (Å²) in [6, 6.07) is 14.1. The summed E-state index contributed by atoms with van der Waals surface area (Å²) in [7, 11) is 0. The average Bonchev–Trinajstić information content (AvgIpc) is 2.98. The molecule has 0 bridgehead atoms. The van der Waals surface area contributed by atoms with Crippen LogP contribution < -0.4 is 20.3 Å². The molecule has 0 spiro atoms. The molecule has 3 heterocycles. The number of ether oxygens (including phenoxy) is 1. The first kappa shape index (κ1) is 30.6. The first-order chi connectivity index (χ1) is 20.6. The second-order valence-electron chi connectivity index (χ2n) is 10.5. The highest BCUT2D eigenvalue weighted by molar-refractivity contribution is 6.30. The van der Waals surface area contributed by atoms with Gasteiger partial charge in [0.05, 0.1) is 35.2 Å². The molecule has 5 rings (SSSR count). The highest BCUT2D eigenvalue weighted by atomic mass is 35.5. The summed E-state index contributed by atoms with van der Waals surface area (Å²) in [4.78, 5) is 35.2. The van der Waals surface area contributed by atoms with Crippen molar-refractivity contribution >= 4 is 29.1 Å². The fourth-order valence-corrected chi connectivity index (χ4v) is 5.59. The number of benzene rings is 2. The minimum Gasteiger partial charge on any atom is -0.493 e. The fourth-order valence-electron chi connectivity index (χ4n) is 5.42. The molecule has 2 amide bonds. The lowest BCUT2D eigenvalue weighted by atomic mass is 10.0. The van der Waals surface area contributed by atoms with Crippen molar-refractivity contribution in [3.63, 3.8) is 0 Å². The molecule has 2 aromatic carbocycles. The third kappa shape index (κ3) is 6.57. The van der Waals surface area contributed by atoms with Crippen molar-refractivity contribution in [1.29, 1.82) is 0 Å². The minimum atomic E-state index is -4.73. The first-order valence-corrected chi connectivity index (χ1v) is 14.7. The lowest BCUT2D eigenvalue weighted by Gasteiger charge is -2.43. The van der Waals surface area contributed by atoms with Crippen molar-refractivity contribution in [3.8, 4) is 17.0 Å². The van der Waals surface area contributed by atoms with Crippen molar-refractivity contribution < 1.29 is 27.5 Å². The van der Waals surface area contributed by atoms with Crippen LogP contribution in [-0.4, -0.2) is 73.1 Å². The smallest absolute Gasteiger partial charge is 0.417 e. The van der Waals surface area contributed by atoms with Gasteiger partial charge in [-0.05, 0) is 55.8 Å². The number of para-hydroxylation sites is 1. The van der Waals surface area contributed by atoms with Gasteiger partial charge in [0.2, 0.25) is 0 Å². The molecule has 2 aliphatic heterocycles. The van der Waals surface area contributed by atoms with E-state index in [1.54, 1.807) is 0 Å². The van der Waals surface area contributed by atoms with Crippen LogP contribution in [0.15, 0.2) is 54.6 Å². The third-order valence-electron chi connectivity index (χ3n) is 7.74. The molecule has 2 N–H and O–H groups in total. The number of anilines is 1. The molecule has 8 nitrogen and oxygen atoms in total. The van der Waals surface area contributed by atoms with Crippen LogP contribution in [0.25, 0.3) is 11.3 Å². The van der Waals surface area contributed by atoms with Crippen molar-refractivity contribution in [2.45, 2.75) is 38.5 Å². The summed E-state index contributed by atoms with van der Waals surface area (Å²) < 4.78 is 47.1. The summed E-state index contributed by atoms with van der Waals surface area (Å²) in [5.41, 5.74) is 0.676. The molecule has 43 heavy (non-hydrogen) atoms. The van der Waals surface area contributed by atoms with E-state index in [-0.39, 0.29) is 41.8 Å².